The Morgan fingerprint density at radius 1 is 1.42 bits per heavy atom. The Labute approximate surface area is 115 Å². The van der Waals surface area contributed by atoms with Crippen molar-refractivity contribution in [3.05, 3.63) is 23.8 Å². The van der Waals surface area contributed by atoms with Gasteiger partial charge in [0.15, 0.2) is 0 Å². The van der Waals surface area contributed by atoms with Gasteiger partial charge < -0.3 is 19.7 Å². The van der Waals surface area contributed by atoms with Gasteiger partial charge in [0.2, 0.25) is 0 Å². The molecule has 0 aromatic heterocycles. The number of rotatable bonds is 6. The van der Waals surface area contributed by atoms with E-state index in [-0.39, 0.29) is 0 Å². The molecule has 1 aliphatic rings. The summed E-state index contributed by atoms with van der Waals surface area (Å²) in [5, 5.41) is 18.5. The van der Waals surface area contributed by atoms with E-state index in [9.17, 15) is 10.0 Å². The second-order valence-electron chi connectivity index (χ2n) is 5.61. The predicted octanol–water partition coefficient (Wildman–Crippen LogP) is 0.463. The molecule has 2 atom stereocenters. The first-order valence-electron chi connectivity index (χ1n) is 6.72. The van der Waals surface area contributed by atoms with Gasteiger partial charge >= 0.3 is 7.12 Å². The third-order valence-corrected chi connectivity index (χ3v) is 3.87. The van der Waals surface area contributed by atoms with Gasteiger partial charge in [0, 0.05) is 18.7 Å². The maximum absolute atomic E-state index is 9.24. The van der Waals surface area contributed by atoms with Gasteiger partial charge in [-0.25, -0.2) is 0 Å². The molecule has 5 heteroatoms. The van der Waals surface area contributed by atoms with E-state index in [1.165, 1.54) is 6.42 Å². The summed E-state index contributed by atoms with van der Waals surface area (Å²) < 4.78 is 5.33. The van der Waals surface area contributed by atoms with E-state index >= 15 is 0 Å². The van der Waals surface area contributed by atoms with Gasteiger partial charge in [-0.1, -0.05) is 19.1 Å². The number of hydrogen-bond donors (Lipinski definition) is 2. The molecule has 1 aromatic carbocycles. The van der Waals surface area contributed by atoms with Crippen molar-refractivity contribution in [1.82, 2.24) is 4.90 Å². The molecule has 2 unspecified atom stereocenters. The largest absolute Gasteiger partial charge is 0.496 e. The van der Waals surface area contributed by atoms with Crippen LogP contribution in [0.4, 0.5) is 0 Å². The topological polar surface area (TPSA) is 52.9 Å². The lowest BCUT2D eigenvalue weighted by atomic mass is 9.79. The quantitative estimate of drug-likeness (QED) is 0.732. The first-order chi connectivity index (χ1) is 9.01. The molecular weight excluding hydrogens is 241 g/mol. The van der Waals surface area contributed by atoms with Crippen molar-refractivity contribution < 1.29 is 14.8 Å². The van der Waals surface area contributed by atoms with Crippen molar-refractivity contribution in [3.63, 3.8) is 0 Å². The molecule has 0 amide bonds. The molecule has 0 radical (unpaired) electrons. The van der Waals surface area contributed by atoms with Gasteiger partial charge in [-0.05, 0) is 36.8 Å². The molecule has 0 saturated heterocycles. The summed E-state index contributed by atoms with van der Waals surface area (Å²) in [6, 6.07) is 5.27. The van der Waals surface area contributed by atoms with Crippen LogP contribution >= 0.6 is 0 Å². The smallest absolute Gasteiger partial charge is 0.488 e. The number of ether oxygens (including phenoxy) is 1. The fraction of sp³-hybridized carbons (Fsp3) is 0.571. The molecule has 19 heavy (non-hydrogen) atoms. The third kappa shape index (κ3) is 3.72. The van der Waals surface area contributed by atoms with Crippen LogP contribution in [0.1, 0.15) is 18.9 Å². The van der Waals surface area contributed by atoms with Crippen LogP contribution in [0, 0.1) is 11.8 Å². The molecule has 0 heterocycles. The summed E-state index contributed by atoms with van der Waals surface area (Å²) in [7, 11) is 2.29. The molecule has 0 spiro atoms. The zero-order valence-corrected chi connectivity index (χ0v) is 11.8. The standard InChI is InChI=1S/C14H22BNO3/c1-10-6-11(10)8-16(2)9-12-7-13(15(17)18)4-5-14(12)19-3/h4-5,7,10-11,17-18H,6,8-9H2,1-3H3. The lowest BCUT2D eigenvalue weighted by molar-refractivity contribution is 0.300. The molecular formula is C14H22BNO3. The van der Waals surface area contributed by atoms with Crippen LogP contribution in [0.3, 0.4) is 0 Å². The molecule has 2 N–H and O–H groups in total. The van der Waals surface area contributed by atoms with E-state index in [1.54, 1.807) is 25.3 Å². The maximum Gasteiger partial charge on any atom is 0.488 e. The van der Waals surface area contributed by atoms with Crippen LogP contribution in [0.25, 0.3) is 0 Å². The Morgan fingerprint density at radius 2 is 2.11 bits per heavy atom. The average Bonchev–Trinajstić information content (AvgIpc) is 3.04. The van der Waals surface area contributed by atoms with Gasteiger partial charge in [0.05, 0.1) is 7.11 Å². The average molecular weight is 263 g/mol. The molecule has 1 saturated carbocycles. The van der Waals surface area contributed by atoms with Gasteiger partial charge in [-0.15, -0.1) is 0 Å². The number of benzene rings is 1. The van der Waals surface area contributed by atoms with Crippen LogP contribution in [-0.4, -0.2) is 42.8 Å². The van der Waals surface area contributed by atoms with Crippen molar-refractivity contribution in [2.45, 2.75) is 19.9 Å². The van der Waals surface area contributed by atoms with E-state index in [4.69, 9.17) is 4.74 Å². The minimum atomic E-state index is -1.43. The minimum Gasteiger partial charge on any atom is -0.496 e. The molecule has 4 nitrogen and oxygen atoms in total. The molecule has 104 valence electrons. The molecule has 0 bridgehead atoms. The van der Waals surface area contributed by atoms with Crippen LogP contribution in [0.15, 0.2) is 18.2 Å². The van der Waals surface area contributed by atoms with E-state index < -0.39 is 7.12 Å². The van der Waals surface area contributed by atoms with E-state index in [2.05, 4.69) is 18.9 Å². The number of methoxy groups -OCH3 is 1. The summed E-state index contributed by atoms with van der Waals surface area (Å²) in [4.78, 5) is 2.26. The fourth-order valence-electron chi connectivity index (χ4n) is 2.49. The molecule has 1 aromatic rings. The minimum absolute atomic E-state index is 0.504. The second kappa shape index (κ2) is 5.95. The molecule has 1 fully saturated rings. The number of nitrogens with zero attached hydrogens (tertiary/aromatic N) is 1. The van der Waals surface area contributed by atoms with Gasteiger partial charge in [-0.3, -0.25) is 0 Å². The van der Waals surface area contributed by atoms with Crippen molar-refractivity contribution in [2.24, 2.45) is 11.8 Å². The van der Waals surface area contributed by atoms with Crippen LogP contribution in [0.2, 0.25) is 0 Å². The monoisotopic (exact) mass is 263 g/mol. The normalized spacial score (nSPS) is 21.6. The lowest BCUT2D eigenvalue weighted by Crippen LogP contribution is -2.31. The summed E-state index contributed by atoms with van der Waals surface area (Å²) in [5.74, 6) is 2.44. The van der Waals surface area contributed by atoms with Crippen LogP contribution in [0.5, 0.6) is 5.75 Å². The van der Waals surface area contributed by atoms with Crippen molar-refractivity contribution in [2.75, 3.05) is 20.7 Å². The van der Waals surface area contributed by atoms with E-state index in [1.807, 2.05) is 0 Å². The van der Waals surface area contributed by atoms with Gasteiger partial charge in [0.1, 0.15) is 5.75 Å². The summed E-state index contributed by atoms with van der Waals surface area (Å²) in [6.45, 7) is 4.12. The van der Waals surface area contributed by atoms with E-state index in [0.29, 0.717) is 5.46 Å². The number of hydrogen-bond acceptors (Lipinski definition) is 4. The van der Waals surface area contributed by atoms with Gasteiger partial charge in [-0.2, -0.15) is 0 Å². The SMILES string of the molecule is COc1ccc(B(O)O)cc1CN(C)CC1CC1C. The van der Waals surface area contributed by atoms with E-state index in [0.717, 1.165) is 36.2 Å². The third-order valence-electron chi connectivity index (χ3n) is 3.87. The highest BCUT2D eigenvalue weighted by atomic mass is 16.5. The first kappa shape index (κ1) is 14.4. The molecule has 1 aliphatic carbocycles. The molecule has 2 rings (SSSR count). The van der Waals surface area contributed by atoms with Crippen LogP contribution < -0.4 is 10.2 Å². The second-order valence-corrected chi connectivity index (χ2v) is 5.61. The summed E-state index contributed by atoms with van der Waals surface area (Å²) >= 11 is 0. The Bertz CT molecular complexity index is 439. The zero-order valence-electron chi connectivity index (χ0n) is 11.8. The highest BCUT2D eigenvalue weighted by Gasteiger charge is 2.33. The van der Waals surface area contributed by atoms with Gasteiger partial charge in [0.25, 0.3) is 0 Å². The predicted molar refractivity (Wildman–Crippen MR) is 76.4 cm³/mol. The van der Waals surface area contributed by atoms with Crippen molar-refractivity contribution in [1.29, 1.82) is 0 Å². The van der Waals surface area contributed by atoms with Crippen molar-refractivity contribution >= 4 is 12.6 Å². The zero-order chi connectivity index (χ0) is 14.0. The fourth-order valence-corrected chi connectivity index (χ4v) is 2.49. The Morgan fingerprint density at radius 3 is 2.63 bits per heavy atom. The Kier molecular flexibility index (Phi) is 4.50. The van der Waals surface area contributed by atoms with Crippen LogP contribution in [-0.2, 0) is 6.54 Å². The Balaban J connectivity index is 2.05. The van der Waals surface area contributed by atoms with Crippen molar-refractivity contribution in [3.8, 4) is 5.75 Å². The highest BCUT2D eigenvalue weighted by Crippen LogP contribution is 2.38. The summed E-state index contributed by atoms with van der Waals surface area (Å²) in [6.07, 6.45) is 1.32. The lowest BCUT2D eigenvalue weighted by Gasteiger charge is -2.19. The first-order valence-corrected chi connectivity index (χ1v) is 6.72. The summed E-state index contributed by atoms with van der Waals surface area (Å²) in [5.41, 5.74) is 1.49. The molecule has 0 aliphatic heterocycles. The maximum atomic E-state index is 9.24. The Hall–Kier alpha value is -1.04. The highest BCUT2D eigenvalue weighted by molar-refractivity contribution is 6.58.